The summed E-state index contributed by atoms with van der Waals surface area (Å²) in [5.74, 6) is 6.29. The predicted octanol–water partition coefficient (Wildman–Crippen LogP) is 0.787. The highest BCUT2D eigenvalue weighted by Gasteiger charge is 2.19. The number of nitrogens with one attached hydrogen (secondary N) is 3. The van der Waals surface area contributed by atoms with Gasteiger partial charge in [-0.15, -0.1) is 11.3 Å². The number of fused-ring (bicyclic) bond motifs is 3. The summed E-state index contributed by atoms with van der Waals surface area (Å²) >= 11 is 1.59. The first kappa shape index (κ1) is 8.69. The van der Waals surface area contributed by atoms with Crippen molar-refractivity contribution < 1.29 is 0 Å². The van der Waals surface area contributed by atoms with Crippen LogP contribution in [0.15, 0.2) is 6.20 Å². The third-order valence-corrected chi connectivity index (χ3v) is 3.42. The van der Waals surface area contributed by atoms with Gasteiger partial charge in [0, 0.05) is 17.8 Å². The van der Waals surface area contributed by atoms with Gasteiger partial charge in [0.15, 0.2) is 5.13 Å². The first-order valence-corrected chi connectivity index (χ1v) is 5.44. The van der Waals surface area contributed by atoms with E-state index in [1.54, 1.807) is 17.5 Å². The molecule has 0 fully saturated rings. The number of hydrogen-bond donors (Lipinski definition) is 4. The van der Waals surface area contributed by atoms with Crippen LogP contribution in [0.4, 0.5) is 10.9 Å². The molecular formula is C8H10N6S. The summed E-state index contributed by atoms with van der Waals surface area (Å²) in [6.07, 6.45) is 2.74. The molecule has 3 heterocycles. The average Bonchev–Trinajstić information content (AvgIpc) is 2.82. The molecule has 0 aliphatic carbocycles. The molecule has 2 aromatic rings. The van der Waals surface area contributed by atoms with E-state index in [1.165, 1.54) is 4.88 Å². The van der Waals surface area contributed by atoms with Crippen molar-refractivity contribution in [3.8, 4) is 11.3 Å². The van der Waals surface area contributed by atoms with E-state index in [0.29, 0.717) is 0 Å². The molecule has 1 aliphatic rings. The fourth-order valence-corrected chi connectivity index (χ4v) is 2.58. The average molecular weight is 222 g/mol. The lowest BCUT2D eigenvalue weighted by molar-refractivity contribution is 1.01. The number of hydrogen-bond acceptors (Lipinski definition) is 6. The standard InChI is InChI=1S/C8H10N6S/c9-13-8-12-6-4-3-11-14-7(4)10-2-1-5(6)15-8/h3H,1-2,9H2,(H,12,13)(H2,10,11,14). The van der Waals surface area contributed by atoms with E-state index in [0.717, 1.165) is 35.2 Å². The summed E-state index contributed by atoms with van der Waals surface area (Å²) in [6.45, 7) is 0.883. The summed E-state index contributed by atoms with van der Waals surface area (Å²) < 4.78 is 0. The Morgan fingerprint density at radius 2 is 2.47 bits per heavy atom. The van der Waals surface area contributed by atoms with Crippen LogP contribution in [0.5, 0.6) is 0 Å². The molecule has 2 aromatic heterocycles. The van der Waals surface area contributed by atoms with Crippen LogP contribution in [0.1, 0.15) is 4.88 Å². The van der Waals surface area contributed by atoms with Crippen molar-refractivity contribution in [2.45, 2.75) is 6.42 Å². The lowest BCUT2D eigenvalue weighted by Gasteiger charge is -1.98. The lowest BCUT2D eigenvalue weighted by atomic mass is 10.2. The summed E-state index contributed by atoms with van der Waals surface area (Å²) in [5, 5.41) is 10.9. The Morgan fingerprint density at radius 3 is 3.33 bits per heavy atom. The molecule has 3 rings (SSSR count). The van der Waals surface area contributed by atoms with E-state index < -0.39 is 0 Å². The number of anilines is 2. The Morgan fingerprint density at radius 1 is 1.53 bits per heavy atom. The number of nitrogen functional groups attached to an aromatic ring is 1. The molecule has 0 atom stereocenters. The predicted molar refractivity (Wildman–Crippen MR) is 59.7 cm³/mol. The fourth-order valence-electron chi connectivity index (χ4n) is 1.69. The molecule has 0 saturated carbocycles. The molecular weight excluding hydrogens is 212 g/mol. The highest BCUT2D eigenvalue weighted by atomic mass is 32.1. The van der Waals surface area contributed by atoms with Crippen LogP contribution in [0.25, 0.3) is 11.3 Å². The van der Waals surface area contributed by atoms with Crippen molar-refractivity contribution in [1.82, 2.24) is 15.2 Å². The van der Waals surface area contributed by atoms with Gasteiger partial charge in [-0.05, 0) is 0 Å². The van der Waals surface area contributed by atoms with Crippen LogP contribution in [0.2, 0.25) is 0 Å². The first-order chi connectivity index (χ1) is 7.38. The van der Waals surface area contributed by atoms with E-state index in [1.807, 2.05) is 0 Å². The monoisotopic (exact) mass is 222 g/mol. The lowest BCUT2D eigenvalue weighted by Crippen LogP contribution is -2.06. The van der Waals surface area contributed by atoms with Crippen molar-refractivity contribution in [3.05, 3.63) is 11.1 Å². The molecule has 0 radical (unpaired) electrons. The van der Waals surface area contributed by atoms with Crippen LogP contribution >= 0.6 is 11.3 Å². The van der Waals surface area contributed by atoms with Crippen molar-refractivity contribution in [3.63, 3.8) is 0 Å². The van der Waals surface area contributed by atoms with E-state index in [4.69, 9.17) is 5.84 Å². The van der Waals surface area contributed by atoms with Gasteiger partial charge in [0.2, 0.25) is 0 Å². The molecule has 0 saturated heterocycles. The Balaban J connectivity index is 2.19. The maximum absolute atomic E-state index is 5.36. The van der Waals surface area contributed by atoms with Crippen LogP contribution in [0.3, 0.4) is 0 Å². The van der Waals surface area contributed by atoms with Gasteiger partial charge < -0.3 is 5.32 Å². The number of aromatic nitrogens is 3. The molecule has 7 heteroatoms. The van der Waals surface area contributed by atoms with Crippen LogP contribution in [-0.2, 0) is 6.42 Å². The summed E-state index contributed by atoms with van der Waals surface area (Å²) in [7, 11) is 0. The number of nitrogens with two attached hydrogens (primary N) is 1. The van der Waals surface area contributed by atoms with Gasteiger partial charge in [-0.1, -0.05) is 0 Å². The molecule has 5 N–H and O–H groups in total. The van der Waals surface area contributed by atoms with Crippen molar-refractivity contribution in [2.24, 2.45) is 5.84 Å². The van der Waals surface area contributed by atoms with Gasteiger partial charge in [-0.3, -0.25) is 10.5 Å². The zero-order chi connectivity index (χ0) is 10.3. The highest BCUT2D eigenvalue weighted by molar-refractivity contribution is 7.16. The van der Waals surface area contributed by atoms with E-state index in [9.17, 15) is 0 Å². The quantitative estimate of drug-likeness (QED) is 0.423. The molecule has 0 spiro atoms. The summed E-state index contributed by atoms with van der Waals surface area (Å²) in [5.41, 5.74) is 4.57. The molecule has 0 unspecified atom stereocenters. The minimum atomic E-state index is 0.744. The Bertz CT molecular complexity index is 487. The second-order valence-corrected chi connectivity index (χ2v) is 4.35. The molecule has 1 aliphatic heterocycles. The largest absolute Gasteiger partial charge is 0.370 e. The second kappa shape index (κ2) is 3.21. The number of thiazole rings is 1. The smallest absolute Gasteiger partial charge is 0.197 e. The Hall–Kier alpha value is -1.60. The van der Waals surface area contributed by atoms with Gasteiger partial charge in [-0.2, -0.15) is 5.10 Å². The zero-order valence-corrected chi connectivity index (χ0v) is 8.69. The minimum absolute atomic E-state index is 0.744. The van der Waals surface area contributed by atoms with Crippen molar-refractivity contribution >= 4 is 22.3 Å². The number of nitrogens with zero attached hydrogens (tertiary/aromatic N) is 2. The third kappa shape index (κ3) is 1.28. The molecule has 0 aromatic carbocycles. The number of hydrazine groups is 1. The Kier molecular flexibility index (Phi) is 1.86. The second-order valence-electron chi connectivity index (χ2n) is 3.27. The molecule has 0 bridgehead atoms. The summed E-state index contributed by atoms with van der Waals surface area (Å²) in [6, 6.07) is 0. The van der Waals surface area contributed by atoms with Gasteiger partial charge in [-0.25, -0.2) is 10.8 Å². The SMILES string of the molecule is NNc1nc2c(s1)CCNc1[nH]ncc1-2. The van der Waals surface area contributed by atoms with E-state index in [2.05, 4.69) is 25.9 Å². The van der Waals surface area contributed by atoms with E-state index >= 15 is 0 Å². The van der Waals surface area contributed by atoms with Gasteiger partial charge in [0.25, 0.3) is 0 Å². The van der Waals surface area contributed by atoms with E-state index in [-0.39, 0.29) is 0 Å². The molecule has 78 valence electrons. The van der Waals surface area contributed by atoms with Crippen molar-refractivity contribution in [1.29, 1.82) is 0 Å². The van der Waals surface area contributed by atoms with Crippen molar-refractivity contribution in [2.75, 3.05) is 17.3 Å². The number of rotatable bonds is 1. The zero-order valence-electron chi connectivity index (χ0n) is 7.87. The van der Waals surface area contributed by atoms with Crippen LogP contribution in [-0.4, -0.2) is 21.7 Å². The van der Waals surface area contributed by atoms with Crippen LogP contribution < -0.4 is 16.6 Å². The summed E-state index contributed by atoms with van der Waals surface area (Å²) in [4.78, 5) is 5.66. The maximum atomic E-state index is 5.36. The van der Waals surface area contributed by atoms with Gasteiger partial charge in [0.05, 0.1) is 17.5 Å². The first-order valence-electron chi connectivity index (χ1n) is 4.62. The highest BCUT2D eigenvalue weighted by Crippen LogP contribution is 2.35. The molecule has 0 amide bonds. The van der Waals surface area contributed by atoms with Gasteiger partial charge in [0.1, 0.15) is 5.82 Å². The molecule has 6 nitrogen and oxygen atoms in total. The number of aromatic amines is 1. The van der Waals surface area contributed by atoms with Gasteiger partial charge >= 0.3 is 0 Å². The molecule has 15 heavy (non-hydrogen) atoms. The van der Waals surface area contributed by atoms with Crippen LogP contribution in [0, 0.1) is 0 Å². The minimum Gasteiger partial charge on any atom is -0.370 e. The maximum Gasteiger partial charge on any atom is 0.197 e. The Labute approximate surface area is 89.9 Å². The third-order valence-electron chi connectivity index (χ3n) is 2.37. The number of H-pyrrole nitrogens is 1. The fraction of sp³-hybridized carbons (Fsp3) is 0.250. The topological polar surface area (TPSA) is 91.6 Å². The normalized spacial score (nSPS) is 13.7.